The topological polar surface area (TPSA) is 66.4 Å². The second-order valence-corrected chi connectivity index (χ2v) is 5.93. The number of aryl methyl sites for hydroxylation is 1. The van der Waals surface area contributed by atoms with Crippen molar-refractivity contribution in [1.29, 1.82) is 0 Å². The highest BCUT2D eigenvalue weighted by Crippen LogP contribution is 2.30. The van der Waals surface area contributed by atoms with Crippen LogP contribution < -0.4 is 5.32 Å². The van der Waals surface area contributed by atoms with Crippen molar-refractivity contribution < 1.29 is 19.1 Å². The molecule has 1 aliphatic rings. The third-order valence-corrected chi connectivity index (χ3v) is 4.30. The number of amides is 1. The van der Waals surface area contributed by atoms with E-state index in [-0.39, 0.29) is 18.4 Å². The summed E-state index contributed by atoms with van der Waals surface area (Å²) in [6.45, 7) is 1.60. The Morgan fingerprint density at radius 3 is 2.26 bits per heavy atom. The number of rotatable bonds is 3. The molecular formula is C18H16FNO3. The Morgan fingerprint density at radius 1 is 1.13 bits per heavy atom. The lowest BCUT2D eigenvalue weighted by Gasteiger charge is -2.25. The van der Waals surface area contributed by atoms with E-state index in [1.807, 2.05) is 24.3 Å². The average molecular weight is 313 g/mol. The first-order chi connectivity index (χ1) is 10.9. The van der Waals surface area contributed by atoms with E-state index in [9.17, 15) is 19.1 Å². The van der Waals surface area contributed by atoms with Gasteiger partial charge in [0.05, 0.1) is 0 Å². The van der Waals surface area contributed by atoms with Crippen molar-refractivity contribution in [3.05, 3.63) is 70.5 Å². The highest BCUT2D eigenvalue weighted by molar-refractivity contribution is 5.98. The van der Waals surface area contributed by atoms with Gasteiger partial charge < -0.3 is 10.4 Å². The monoisotopic (exact) mass is 313 g/mol. The molecule has 0 heterocycles. The van der Waals surface area contributed by atoms with Crippen LogP contribution in [-0.2, 0) is 17.6 Å². The second-order valence-electron chi connectivity index (χ2n) is 5.93. The maximum absolute atomic E-state index is 13.6. The molecule has 0 atom stereocenters. The molecule has 23 heavy (non-hydrogen) atoms. The molecule has 0 aromatic heterocycles. The van der Waals surface area contributed by atoms with E-state index in [1.165, 1.54) is 12.1 Å². The van der Waals surface area contributed by atoms with Crippen LogP contribution in [-0.4, -0.2) is 22.5 Å². The van der Waals surface area contributed by atoms with E-state index in [4.69, 9.17) is 0 Å². The van der Waals surface area contributed by atoms with E-state index < -0.39 is 23.2 Å². The van der Waals surface area contributed by atoms with Gasteiger partial charge in [-0.05, 0) is 35.7 Å². The van der Waals surface area contributed by atoms with E-state index in [0.717, 1.165) is 17.2 Å². The molecule has 4 nitrogen and oxygen atoms in total. The molecule has 2 N–H and O–H groups in total. The molecule has 0 bridgehead atoms. The lowest BCUT2D eigenvalue weighted by molar-refractivity contribution is -0.144. The zero-order chi connectivity index (χ0) is 16.6. The van der Waals surface area contributed by atoms with Gasteiger partial charge in [0.25, 0.3) is 5.91 Å². The Balaban J connectivity index is 1.88. The number of fused-ring (bicyclic) bond motifs is 1. The number of hydrogen-bond acceptors (Lipinski definition) is 2. The predicted molar refractivity (Wildman–Crippen MR) is 82.8 cm³/mol. The molecule has 5 heteroatoms. The largest absolute Gasteiger partial charge is 0.479 e. The Morgan fingerprint density at radius 2 is 1.74 bits per heavy atom. The Kier molecular flexibility index (Phi) is 3.64. The van der Waals surface area contributed by atoms with Gasteiger partial charge in [0.2, 0.25) is 0 Å². The molecule has 2 aromatic carbocycles. The highest BCUT2D eigenvalue weighted by Gasteiger charge is 2.45. The molecule has 0 aliphatic heterocycles. The fourth-order valence-corrected chi connectivity index (χ4v) is 2.93. The minimum atomic E-state index is -1.39. The molecule has 1 amide bonds. The fourth-order valence-electron chi connectivity index (χ4n) is 2.93. The summed E-state index contributed by atoms with van der Waals surface area (Å²) < 4.78 is 13.6. The van der Waals surface area contributed by atoms with Gasteiger partial charge in [-0.3, -0.25) is 4.79 Å². The molecule has 0 spiro atoms. The molecular weight excluding hydrogens is 297 g/mol. The number of hydrogen-bond donors (Lipinski definition) is 2. The van der Waals surface area contributed by atoms with Crippen LogP contribution in [0.25, 0.3) is 0 Å². The highest BCUT2D eigenvalue weighted by atomic mass is 19.1. The molecule has 0 saturated heterocycles. The summed E-state index contributed by atoms with van der Waals surface area (Å²) in [7, 11) is 0. The number of aliphatic carboxylic acids is 1. The summed E-state index contributed by atoms with van der Waals surface area (Å²) in [5.41, 5.74) is 0.977. The van der Waals surface area contributed by atoms with E-state index in [1.54, 1.807) is 6.92 Å². The smallest absolute Gasteiger partial charge is 0.330 e. The van der Waals surface area contributed by atoms with Crippen molar-refractivity contribution >= 4 is 11.9 Å². The fraction of sp³-hybridized carbons (Fsp3) is 0.222. The molecule has 0 saturated carbocycles. The third kappa shape index (κ3) is 2.70. The minimum absolute atomic E-state index is 0.115. The van der Waals surface area contributed by atoms with Crippen molar-refractivity contribution in [3.63, 3.8) is 0 Å². The number of carboxylic acids is 1. The van der Waals surface area contributed by atoms with Crippen molar-refractivity contribution in [2.75, 3.05) is 0 Å². The predicted octanol–water partition coefficient (Wildman–Crippen LogP) is 2.49. The first kappa shape index (κ1) is 15.2. The lowest BCUT2D eigenvalue weighted by Crippen LogP contribution is -2.55. The molecule has 1 aliphatic carbocycles. The van der Waals surface area contributed by atoms with Crippen LogP contribution in [0.4, 0.5) is 4.39 Å². The molecule has 3 rings (SSSR count). The Hall–Kier alpha value is -2.69. The Labute approximate surface area is 133 Å². The second kappa shape index (κ2) is 5.50. The first-order valence-electron chi connectivity index (χ1n) is 7.30. The van der Waals surface area contributed by atoms with Gasteiger partial charge in [0, 0.05) is 18.4 Å². The molecule has 2 aromatic rings. The Bertz CT molecular complexity index is 776. The van der Waals surface area contributed by atoms with Gasteiger partial charge in [-0.2, -0.15) is 0 Å². The van der Waals surface area contributed by atoms with Gasteiger partial charge in [-0.1, -0.05) is 30.3 Å². The summed E-state index contributed by atoms with van der Waals surface area (Å²) in [6, 6.07) is 11.5. The van der Waals surface area contributed by atoms with Gasteiger partial charge in [-0.15, -0.1) is 0 Å². The van der Waals surface area contributed by atoms with Crippen LogP contribution in [0.3, 0.4) is 0 Å². The lowest BCUT2D eigenvalue weighted by atomic mass is 9.95. The standard InChI is InChI=1S/C18H16FNO3/c1-11-6-7-12(8-15(11)19)16(21)20-18(17(22)23)9-13-4-2-3-5-14(13)10-18/h2-8H,9-10H2,1H3,(H,20,21)(H,22,23). The van der Waals surface area contributed by atoms with E-state index in [2.05, 4.69) is 5.32 Å². The minimum Gasteiger partial charge on any atom is -0.479 e. The molecule has 0 fully saturated rings. The van der Waals surface area contributed by atoms with Crippen LogP contribution in [0.15, 0.2) is 42.5 Å². The number of carboxylic acid groups (broad SMARTS) is 1. The number of benzene rings is 2. The molecule has 118 valence electrons. The number of carbonyl (C=O) groups excluding carboxylic acids is 1. The SMILES string of the molecule is Cc1ccc(C(=O)NC2(C(=O)O)Cc3ccccc3C2)cc1F. The molecule has 0 unspecified atom stereocenters. The zero-order valence-electron chi connectivity index (χ0n) is 12.6. The maximum Gasteiger partial charge on any atom is 0.330 e. The molecule has 0 radical (unpaired) electrons. The first-order valence-corrected chi connectivity index (χ1v) is 7.30. The van der Waals surface area contributed by atoms with Crippen LogP contribution in [0.1, 0.15) is 27.0 Å². The summed E-state index contributed by atoms with van der Waals surface area (Å²) in [5.74, 6) is -2.16. The third-order valence-electron chi connectivity index (χ3n) is 4.30. The summed E-state index contributed by atoms with van der Waals surface area (Å²) >= 11 is 0. The number of nitrogens with one attached hydrogen (secondary N) is 1. The van der Waals surface area contributed by atoms with E-state index in [0.29, 0.717) is 5.56 Å². The van der Waals surface area contributed by atoms with Crippen LogP contribution in [0.5, 0.6) is 0 Å². The quantitative estimate of drug-likeness (QED) is 0.915. The van der Waals surface area contributed by atoms with Crippen LogP contribution in [0, 0.1) is 12.7 Å². The van der Waals surface area contributed by atoms with Crippen molar-refractivity contribution in [2.24, 2.45) is 0 Å². The maximum atomic E-state index is 13.6. The van der Waals surface area contributed by atoms with Gasteiger partial charge in [-0.25, -0.2) is 9.18 Å². The van der Waals surface area contributed by atoms with E-state index >= 15 is 0 Å². The van der Waals surface area contributed by atoms with Gasteiger partial charge in [0.15, 0.2) is 0 Å². The van der Waals surface area contributed by atoms with Crippen molar-refractivity contribution in [3.8, 4) is 0 Å². The zero-order valence-corrected chi connectivity index (χ0v) is 12.6. The summed E-state index contributed by atoms with van der Waals surface area (Å²) in [5, 5.41) is 12.2. The number of carbonyl (C=O) groups is 2. The van der Waals surface area contributed by atoms with Crippen LogP contribution >= 0.6 is 0 Å². The summed E-state index contributed by atoms with van der Waals surface area (Å²) in [6.07, 6.45) is 0.442. The van der Waals surface area contributed by atoms with Crippen molar-refractivity contribution in [2.45, 2.75) is 25.3 Å². The van der Waals surface area contributed by atoms with Gasteiger partial charge >= 0.3 is 5.97 Å². The summed E-state index contributed by atoms with van der Waals surface area (Å²) in [4.78, 5) is 24.2. The van der Waals surface area contributed by atoms with Crippen LogP contribution in [0.2, 0.25) is 0 Å². The number of halogens is 1. The average Bonchev–Trinajstić information content (AvgIpc) is 2.89. The normalized spacial score (nSPS) is 15.0. The van der Waals surface area contributed by atoms with Crippen molar-refractivity contribution in [1.82, 2.24) is 5.32 Å². The van der Waals surface area contributed by atoms with Gasteiger partial charge in [0.1, 0.15) is 11.4 Å².